The number of para-hydroxylation sites is 1. The van der Waals surface area contributed by atoms with E-state index in [4.69, 9.17) is 4.43 Å². The Bertz CT molecular complexity index is 1280. The summed E-state index contributed by atoms with van der Waals surface area (Å²) in [6.45, 7) is 15.5. The molecule has 5 atom stereocenters. The van der Waals surface area contributed by atoms with E-state index < -0.39 is 24.3 Å². The number of nitrogens with zero attached hydrogens (tertiary/aromatic N) is 1. The average molecular weight is 622 g/mol. The third-order valence-corrected chi connectivity index (χ3v) is 18.7. The summed E-state index contributed by atoms with van der Waals surface area (Å²) >= 11 is 1.25. The molecular weight excluding hydrogens is 570 g/mol. The lowest BCUT2D eigenvalue weighted by atomic mass is 9.60. The van der Waals surface area contributed by atoms with E-state index in [0.717, 1.165) is 66.9 Å². The zero-order valence-corrected chi connectivity index (χ0v) is 29.0. The predicted molar refractivity (Wildman–Crippen MR) is 174 cm³/mol. The third kappa shape index (κ3) is 7.02. The van der Waals surface area contributed by atoms with Crippen LogP contribution in [0, 0.1) is 23.2 Å². The first-order chi connectivity index (χ1) is 19.3. The minimum Gasteiger partial charge on any atom is -0.412 e. The Hall–Kier alpha value is -1.09. The van der Waals surface area contributed by atoms with Crippen molar-refractivity contribution in [1.29, 1.82) is 0 Å². The fourth-order valence-electron chi connectivity index (χ4n) is 8.06. The topological polar surface area (TPSA) is 56.3 Å². The van der Waals surface area contributed by atoms with Crippen molar-refractivity contribution < 1.29 is 17.2 Å². The quantitative estimate of drug-likeness (QED) is 0.165. The molecule has 1 aromatic carbocycles. The van der Waals surface area contributed by atoms with Gasteiger partial charge in [-0.25, -0.2) is 17.8 Å². The number of hydrogen-bond acceptors (Lipinski definition) is 5. The van der Waals surface area contributed by atoms with E-state index in [2.05, 4.69) is 53.5 Å². The molecule has 230 valence electrons. The van der Waals surface area contributed by atoms with Crippen molar-refractivity contribution in [3.05, 3.63) is 35.9 Å². The summed E-state index contributed by atoms with van der Waals surface area (Å²) in [5, 5.41) is 0. The molecule has 4 nitrogen and oxygen atoms in total. The van der Waals surface area contributed by atoms with E-state index in [1.807, 2.05) is 30.3 Å². The fraction of sp³-hybridized carbons (Fsp3) is 0.727. The van der Waals surface area contributed by atoms with Gasteiger partial charge in [-0.15, -0.1) is 11.3 Å². The van der Waals surface area contributed by atoms with Crippen molar-refractivity contribution in [2.45, 2.75) is 128 Å². The van der Waals surface area contributed by atoms with Crippen LogP contribution < -0.4 is 0 Å². The smallest absolute Gasteiger partial charge is 0.210 e. The Morgan fingerprint density at radius 1 is 1.20 bits per heavy atom. The van der Waals surface area contributed by atoms with Crippen LogP contribution in [0.2, 0.25) is 18.1 Å². The Kier molecular flexibility index (Phi) is 10.3. The van der Waals surface area contributed by atoms with E-state index in [9.17, 15) is 8.42 Å². The van der Waals surface area contributed by atoms with Crippen LogP contribution in [0.1, 0.15) is 93.4 Å². The molecule has 4 rings (SSSR count). The second kappa shape index (κ2) is 12.9. The third-order valence-electron chi connectivity index (χ3n) is 10.8. The summed E-state index contributed by atoms with van der Waals surface area (Å²) < 4.78 is 50.2. The minimum atomic E-state index is -3.49. The molecule has 2 fully saturated rings. The van der Waals surface area contributed by atoms with Crippen LogP contribution in [0.5, 0.6) is 0 Å². The van der Waals surface area contributed by atoms with Gasteiger partial charge in [0.2, 0.25) is 14.2 Å². The van der Waals surface area contributed by atoms with Gasteiger partial charge in [0.25, 0.3) is 0 Å². The van der Waals surface area contributed by atoms with Gasteiger partial charge in [-0.2, -0.15) is 0 Å². The second-order valence-corrected chi connectivity index (χ2v) is 21.6. The van der Waals surface area contributed by atoms with Crippen LogP contribution in [-0.2, 0) is 14.3 Å². The molecule has 1 heterocycles. The van der Waals surface area contributed by atoms with Crippen molar-refractivity contribution in [2.75, 3.05) is 5.75 Å². The van der Waals surface area contributed by atoms with Crippen molar-refractivity contribution in [3.8, 4) is 0 Å². The lowest BCUT2D eigenvalue weighted by Crippen LogP contribution is -2.45. The first kappa shape index (κ1) is 32.8. The number of fused-ring (bicyclic) bond motifs is 2. The summed E-state index contributed by atoms with van der Waals surface area (Å²) in [6, 6.07) is 10.9. The van der Waals surface area contributed by atoms with E-state index >= 15 is 4.39 Å². The van der Waals surface area contributed by atoms with Crippen LogP contribution in [0.4, 0.5) is 4.39 Å². The predicted octanol–water partition coefficient (Wildman–Crippen LogP) is 9.77. The lowest BCUT2D eigenvalue weighted by molar-refractivity contribution is 0.0358. The highest BCUT2D eigenvalue weighted by Crippen LogP contribution is 2.60. The number of thiazole rings is 1. The summed E-state index contributed by atoms with van der Waals surface area (Å²) in [6.07, 6.45) is 7.53. The number of allylic oxidation sites excluding steroid dienone is 1. The number of sulfone groups is 1. The van der Waals surface area contributed by atoms with Gasteiger partial charge in [-0.1, -0.05) is 58.4 Å². The number of benzene rings is 1. The molecular formula is C33H52FNO3S2Si. The monoisotopic (exact) mass is 621 g/mol. The molecule has 0 aliphatic heterocycles. The summed E-state index contributed by atoms with van der Waals surface area (Å²) in [5.41, 5.74) is 1.73. The first-order valence-corrected chi connectivity index (χ1v) is 20.9. The fourth-order valence-corrected chi connectivity index (χ4v) is 13.8. The van der Waals surface area contributed by atoms with Crippen molar-refractivity contribution >= 4 is 39.7 Å². The van der Waals surface area contributed by atoms with Crippen LogP contribution in [0.3, 0.4) is 0 Å². The van der Waals surface area contributed by atoms with Gasteiger partial charge in [0, 0.05) is 0 Å². The van der Waals surface area contributed by atoms with Gasteiger partial charge in [0.15, 0.2) is 8.32 Å². The van der Waals surface area contributed by atoms with Crippen molar-refractivity contribution in [3.63, 3.8) is 0 Å². The number of aromatic nitrogens is 1. The Balaban J connectivity index is 1.41. The molecule has 2 aromatic rings. The Labute approximate surface area is 253 Å². The van der Waals surface area contributed by atoms with Crippen molar-refractivity contribution in [1.82, 2.24) is 4.98 Å². The minimum absolute atomic E-state index is 0.00609. The molecule has 2 unspecified atom stereocenters. The molecule has 0 saturated heterocycles. The van der Waals surface area contributed by atoms with Crippen LogP contribution in [-0.4, -0.2) is 39.2 Å². The SMILES string of the molecule is CC[Si](CC)(CC)OC(C)(C)CCC(F)C(C)[C@H]1CC[C@H]2/C(=C/CS(=O)(=O)c3nc4ccccc4s3)CCC[C@]12C. The van der Waals surface area contributed by atoms with E-state index in [-0.39, 0.29) is 27.0 Å². The van der Waals surface area contributed by atoms with Gasteiger partial charge in [-0.05, 0) is 112 Å². The maximum Gasteiger partial charge on any atom is 0.210 e. The van der Waals surface area contributed by atoms with Gasteiger partial charge in [0.1, 0.15) is 6.17 Å². The highest BCUT2D eigenvalue weighted by Gasteiger charge is 2.52. The molecule has 41 heavy (non-hydrogen) atoms. The van der Waals surface area contributed by atoms with Gasteiger partial charge < -0.3 is 4.43 Å². The lowest BCUT2D eigenvalue weighted by Gasteiger charge is -2.45. The normalized spacial score (nSPS) is 26.4. The van der Waals surface area contributed by atoms with Crippen LogP contribution >= 0.6 is 11.3 Å². The summed E-state index contributed by atoms with van der Waals surface area (Å²) in [7, 11) is -5.24. The van der Waals surface area contributed by atoms with E-state index in [0.29, 0.717) is 18.3 Å². The largest absolute Gasteiger partial charge is 0.412 e. The Morgan fingerprint density at radius 2 is 1.88 bits per heavy atom. The maximum absolute atomic E-state index is 15.9. The van der Waals surface area contributed by atoms with Crippen molar-refractivity contribution in [2.24, 2.45) is 23.2 Å². The molecule has 2 saturated carbocycles. The molecule has 2 aliphatic rings. The maximum atomic E-state index is 15.9. The summed E-state index contributed by atoms with van der Waals surface area (Å²) in [5.74, 6) is 0.628. The molecule has 0 N–H and O–H groups in total. The van der Waals surface area contributed by atoms with Crippen LogP contribution in [0.15, 0.2) is 40.3 Å². The number of rotatable bonds is 13. The molecule has 0 bridgehead atoms. The molecule has 2 aliphatic carbocycles. The highest BCUT2D eigenvalue weighted by atomic mass is 32.2. The first-order valence-electron chi connectivity index (χ1n) is 15.9. The standard InChI is InChI=1S/C33H52FNO3S2Si/c1-8-41(9-2,10-3)38-32(5,6)22-19-28(34)24(4)26-17-18-27-25(14-13-21-33(26,27)7)20-23-40(36,37)31-35-29-15-11-12-16-30(29)39-31/h11-12,15-16,20,24,26-28H,8-10,13-14,17-19,21-23H2,1-7H3/b25-20+/t24?,26-,27+,28?,33-/m1/s1. The van der Waals surface area contributed by atoms with Crippen LogP contribution in [0.25, 0.3) is 10.2 Å². The molecule has 0 radical (unpaired) electrons. The van der Waals surface area contributed by atoms with E-state index in [1.165, 1.54) is 16.9 Å². The Morgan fingerprint density at radius 3 is 2.54 bits per heavy atom. The number of halogens is 1. The zero-order valence-electron chi connectivity index (χ0n) is 26.3. The number of hydrogen-bond donors (Lipinski definition) is 0. The van der Waals surface area contributed by atoms with E-state index in [1.54, 1.807) is 0 Å². The molecule has 1 aromatic heterocycles. The highest BCUT2D eigenvalue weighted by molar-refractivity contribution is 7.93. The van der Waals surface area contributed by atoms with Gasteiger partial charge in [-0.3, -0.25) is 0 Å². The van der Waals surface area contributed by atoms with Gasteiger partial charge in [0.05, 0.1) is 21.6 Å². The second-order valence-electron chi connectivity index (χ2n) is 13.6. The average Bonchev–Trinajstić information content (AvgIpc) is 3.55. The molecule has 0 spiro atoms. The molecule has 8 heteroatoms. The van der Waals surface area contributed by atoms with Gasteiger partial charge >= 0.3 is 0 Å². The number of alkyl halides is 1. The summed E-state index contributed by atoms with van der Waals surface area (Å²) in [4.78, 5) is 4.40. The zero-order chi connectivity index (χ0) is 30.1. The molecule has 0 amide bonds.